The predicted octanol–water partition coefficient (Wildman–Crippen LogP) is 1.33. The van der Waals surface area contributed by atoms with Gasteiger partial charge < -0.3 is 20.4 Å². The van der Waals surface area contributed by atoms with Crippen LogP contribution in [0.2, 0.25) is 0 Å². The molecule has 168 valence electrons. The second-order valence-electron chi connectivity index (χ2n) is 7.23. The van der Waals surface area contributed by atoms with Crippen molar-refractivity contribution in [2.75, 3.05) is 33.8 Å². The molecule has 0 atom stereocenters. The molecule has 0 saturated heterocycles. The van der Waals surface area contributed by atoms with Crippen LogP contribution in [0.5, 0.6) is 5.75 Å². The summed E-state index contributed by atoms with van der Waals surface area (Å²) in [6.45, 7) is 3.21. The summed E-state index contributed by atoms with van der Waals surface area (Å²) in [7, 11) is -0.232. The van der Waals surface area contributed by atoms with Crippen LogP contribution in [-0.4, -0.2) is 57.2 Å². The van der Waals surface area contributed by atoms with Crippen LogP contribution in [0.15, 0.2) is 36.9 Å². The molecular weight excluding hydrogens is 416 g/mol. The highest BCUT2D eigenvalue weighted by molar-refractivity contribution is 7.88. The van der Waals surface area contributed by atoms with Gasteiger partial charge in [0.25, 0.3) is 0 Å². The second kappa shape index (κ2) is 11.2. The Hall–Kier alpha value is -2.53. The van der Waals surface area contributed by atoms with Gasteiger partial charge >= 0.3 is 0 Å². The van der Waals surface area contributed by atoms with Gasteiger partial charge in [0.05, 0.1) is 24.8 Å². The number of rotatable bonds is 13. The van der Waals surface area contributed by atoms with Crippen LogP contribution in [0.1, 0.15) is 23.2 Å². The Labute approximate surface area is 183 Å². The van der Waals surface area contributed by atoms with Gasteiger partial charge in [0.15, 0.2) is 5.75 Å². The molecular formula is C21H30N6O3S. The number of fused-ring (bicyclic) bond motifs is 1. The van der Waals surface area contributed by atoms with Gasteiger partial charge in [-0.05, 0) is 49.7 Å². The molecule has 9 nitrogen and oxygen atoms in total. The molecule has 0 spiro atoms. The maximum atomic E-state index is 11.8. The van der Waals surface area contributed by atoms with Crippen LogP contribution in [-0.2, 0) is 28.7 Å². The number of hydrogen-bond donors (Lipinski definition) is 4. The molecule has 2 heterocycles. The Morgan fingerprint density at radius 1 is 1.16 bits per heavy atom. The van der Waals surface area contributed by atoms with E-state index in [9.17, 15) is 8.42 Å². The second-order valence-corrected chi connectivity index (χ2v) is 9.15. The lowest BCUT2D eigenvalue weighted by atomic mass is 10.1. The average molecular weight is 447 g/mol. The lowest BCUT2D eigenvalue weighted by Crippen LogP contribution is -2.28. The Morgan fingerprint density at radius 3 is 2.81 bits per heavy atom. The zero-order valence-corrected chi connectivity index (χ0v) is 18.8. The molecule has 3 rings (SSSR count). The number of sulfonamides is 1. The molecule has 0 bridgehead atoms. The van der Waals surface area contributed by atoms with Crippen molar-refractivity contribution < 1.29 is 13.2 Å². The van der Waals surface area contributed by atoms with E-state index in [1.165, 1.54) is 18.9 Å². The van der Waals surface area contributed by atoms with Gasteiger partial charge in [0.2, 0.25) is 10.0 Å². The zero-order valence-electron chi connectivity index (χ0n) is 17.9. The van der Waals surface area contributed by atoms with E-state index >= 15 is 0 Å². The van der Waals surface area contributed by atoms with Gasteiger partial charge in [0.1, 0.15) is 6.33 Å². The van der Waals surface area contributed by atoms with Gasteiger partial charge in [-0.1, -0.05) is 6.07 Å². The lowest BCUT2D eigenvalue weighted by molar-refractivity contribution is 0.402. The Balaban J connectivity index is 1.39. The Morgan fingerprint density at radius 2 is 2.00 bits per heavy atom. The minimum Gasteiger partial charge on any atom is -0.493 e. The standard InChI is InChI=1S/C21H30N6O3S/c1-22-31(28,29)14-16-5-6-19-18(10-16)17(11-26-19)4-3-7-23-8-9-24-12-20-21(30-2)13-25-15-27-20/h5-6,10-11,13,15,22-24,26H,3-4,7-9,12,14H2,1-2H3. The third kappa shape index (κ3) is 6.73. The van der Waals surface area contributed by atoms with Crippen LogP contribution in [0.4, 0.5) is 0 Å². The molecule has 4 N–H and O–H groups in total. The molecule has 0 saturated carbocycles. The topological polar surface area (TPSA) is 121 Å². The fraction of sp³-hybridized carbons (Fsp3) is 0.429. The van der Waals surface area contributed by atoms with Crippen molar-refractivity contribution >= 4 is 20.9 Å². The monoisotopic (exact) mass is 446 g/mol. The molecule has 0 radical (unpaired) electrons. The van der Waals surface area contributed by atoms with E-state index in [-0.39, 0.29) is 5.75 Å². The number of hydrogen-bond acceptors (Lipinski definition) is 7. The average Bonchev–Trinajstić information content (AvgIpc) is 3.17. The van der Waals surface area contributed by atoms with E-state index in [2.05, 4.69) is 30.3 Å². The molecule has 0 unspecified atom stereocenters. The first-order valence-electron chi connectivity index (χ1n) is 10.3. The first-order valence-corrected chi connectivity index (χ1v) is 11.9. The first kappa shape index (κ1) is 23.1. The number of aromatic amines is 1. The molecule has 10 heteroatoms. The smallest absolute Gasteiger partial charge is 0.215 e. The van der Waals surface area contributed by atoms with E-state index in [1.54, 1.807) is 13.3 Å². The van der Waals surface area contributed by atoms with Crippen molar-refractivity contribution in [3.63, 3.8) is 0 Å². The lowest BCUT2D eigenvalue weighted by Gasteiger charge is -2.09. The van der Waals surface area contributed by atoms with Crippen molar-refractivity contribution in [3.05, 3.63) is 53.7 Å². The molecule has 2 aromatic heterocycles. The molecule has 0 aliphatic carbocycles. The first-order chi connectivity index (χ1) is 15.0. The van der Waals surface area contributed by atoms with Crippen LogP contribution < -0.4 is 20.1 Å². The summed E-state index contributed by atoms with van der Waals surface area (Å²) < 4.78 is 31.2. The molecule has 1 aromatic carbocycles. The van der Waals surface area contributed by atoms with Crippen molar-refractivity contribution in [2.45, 2.75) is 25.1 Å². The molecule has 0 amide bonds. The van der Waals surface area contributed by atoms with E-state index in [0.717, 1.165) is 54.6 Å². The highest BCUT2D eigenvalue weighted by atomic mass is 32.2. The summed E-state index contributed by atoms with van der Waals surface area (Å²) in [6, 6.07) is 5.76. The summed E-state index contributed by atoms with van der Waals surface area (Å²) in [5.41, 5.74) is 3.86. The fourth-order valence-electron chi connectivity index (χ4n) is 3.37. The van der Waals surface area contributed by atoms with Gasteiger partial charge in [-0.3, -0.25) is 0 Å². The minimum absolute atomic E-state index is 0.0144. The van der Waals surface area contributed by atoms with Crippen molar-refractivity contribution in [1.82, 2.24) is 30.3 Å². The normalized spacial score (nSPS) is 11.8. The summed E-state index contributed by atoms with van der Waals surface area (Å²) >= 11 is 0. The Bertz CT molecular complexity index is 1080. The van der Waals surface area contributed by atoms with Crippen molar-refractivity contribution in [2.24, 2.45) is 0 Å². The minimum atomic E-state index is -3.28. The summed E-state index contributed by atoms with van der Waals surface area (Å²) in [4.78, 5) is 11.4. The number of ether oxygens (including phenoxy) is 1. The van der Waals surface area contributed by atoms with Crippen LogP contribution in [0.3, 0.4) is 0 Å². The van der Waals surface area contributed by atoms with E-state index in [0.29, 0.717) is 12.3 Å². The summed E-state index contributed by atoms with van der Waals surface area (Å²) in [5.74, 6) is 0.674. The van der Waals surface area contributed by atoms with Crippen LogP contribution in [0, 0.1) is 0 Å². The van der Waals surface area contributed by atoms with Crippen LogP contribution in [0.25, 0.3) is 10.9 Å². The summed E-state index contributed by atoms with van der Waals surface area (Å²) in [6.07, 6.45) is 7.10. The van der Waals surface area contributed by atoms with Gasteiger partial charge in [-0.25, -0.2) is 23.1 Å². The molecule has 0 fully saturated rings. The number of methoxy groups -OCH3 is 1. The number of aromatic nitrogens is 3. The number of H-pyrrole nitrogens is 1. The molecule has 0 aliphatic rings. The SMILES string of the molecule is CNS(=O)(=O)Cc1ccc2[nH]cc(CCCNCCNCc3ncncc3OC)c2c1. The van der Waals surface area contributed by atoms with Gasteiger partial charge in [-0.2, -0.15) is 0 Å². The van der Waals surface area contributed by atoms with E-state index in [4.69, 9.17) is 4.74 Å². The number of aryl methyl sites for hydroxylation is 1. The van der Waals surface area contributed by atoms with Crippen molar-refractivity contribution in [1.29, 1.82) is 0 Å². The maximum Gasteiger partial charge on any atom is 0.215 e. The summed E-state index contributed by atoms with van der Waals surface area (Å²) in [5, 5.41) is 7.87. The number of benzene rings is 1. The number of nitrogens with one attached hydrogen (secondary N) is 4. The molecule has 31 heavy (non-hydrogen) atoms. The van der Waals surface area contributed by atoms with E-state index < -0.39 is 10.0 Å². The third-order valence-corrected chi connectivity index (χ3v) is 6.38. The highest BCUT2D eigenvalue weighted by Crippen LogP contribution is 2.22. The zero-order chi connectivity index (χ0) is 22.1. The molecule has 0 aliphatic heterocycles. The highest BCUT2D eigenvalue weighted by Gasteiger charge is 2.11. The molecule has 3 aromatic rings. The van der Waals surface area contributed by atoms with E-state index in [1.807, 2.05) is 24.4 Å². The van der Waals surface area contributed by atoms with Gasteiger partial charge in [-0.15, -0.1) is 0 Å². The maximum absolute atomic E-state index is 11.8. The van der Waals surface area contributed by atoms with Gasteiger partial charge in [0, 0.05) is 36.7 Å². The number of nitrogens with zero attached hydrogens (tertiary/aromatic N) is 2. The van der Waals surface area contributed by atoms with Crippen molar-refractivity contribution in [3.8, 4) is 5.75 Å². The Kier molecular flexibility index (Phi) is 8.35. The quantitative estimate of drug-likeness (QED) is 0.292. The largest absolute Gasteiger partial charge is 0.493 e. The predicted molar refractivity (Wildman–Crippen MR) is 121 cm³/mol. The van der Waals surface area contributed by atoms with Crippen LogP contribution >= 0.6 is 0 Å². The third-order valence-electron chi connectivity index (χ3n) is 5.05. The fourth-order valence-corrected chi connectivity index (χ4v) is 4.13.